The predicted molar refractivity (Wildman–Crippen MR) is 112 cm³/mol. The normalized spacial score (nSPS) is 10.5. The second kappa shape index (κ2) is 8.98. The van der Waals surface area contributed by atoms with Crippen LogP contribution in [-0.4, -0.2) is 25.5 Å². The average molecular weight is 466 g/mol. The highest BCUT2D eigenvalue weighted by Gasteiger charge is 2.18. The molecule has 0 saturated heterocycles. The Bertz CT molecular complexity index is 1200. The first-order valence-corrected chi connectivity index (χ1v) is 9.28. The first-order valence-electron chi connectivity index (χ1n) is 8.53. The molecule has 1 heterocycles. The number of hydrogen-bond acceptors (Lipinski definition) is 7. The molecule has 3 rings (SSSR count). The van der Waals surface area contributed by atoms with Gasteiger partial charge in [-0.05, 0) is 25.1 Å². The number of carbonyl (C=O) groups is 1. The molecule has 160 valence electrons. The van der Waals surface area contributed by atoms with Crippen LogP contribution in [0.1, 0.15) is 5.69 Å². The van der Waals surface area contributed by atoms with Gasteiger partial charge in [0.05, 0.1) is 26.6 Å². The molecule has 1 N–H and O–H groups in total. The molecule has 0 atom stereocenters. The van der Waals surface area contributed by atoms with Crippen molar-refractivity contribution in [1.29, 1.82) is 0 Å². The molecule has 1 aromatic heterocycles. The maximum atomic E-state index is 12.3. The van der Waals surface area contributed by atoms with Gasteiger partial charge in [0.2, 0.25) is 5.91 Å². The number of aromatic nitrogens is 2. The van der Waals surface area contributed by atoms with Gasteiger partial charge in [0.25, 0.3) is 5.69 Å². The molecule has 0 saturated carbocycles. The van der Waals surface area contributed by atoms with E-state index in [0.29, 0.717) is 5.02 Å². The molecule has 0 aliphatic heterocycles. The van der Waals surface area contributed by atoms with Gasteiger partial charge in [-0.15, -0.1) is 0 Å². The average Bonchev–Trinajstić information content (AvgIpc) is 3.04. The number of nitrogens with zero attached hydrogens (tertiary/aromatic N) is 4. The van der Waals surface area contributed by atoms with E-state index in [2.05, 4.69) is 10.4 Å². The zero-order valence-corrected chi connectivity index (χ0v) is 17.3. The van der Waals surface area contributed by atoms with Crippen LogP contribution in [0, 0.1) is 27.2 Å². The minimum absolute atomic E-state index is 0.0549. The summed E-state index contributed by atoms with van der Waals surface area (Å²) in [5.41, 5.74) is -0.316. The lowest BCUT2D eigenvalue weighted by molar-refractivity contribution is -0.385. The van der Waals surface area contributed by atoms with Gasteiger partial charge in [-0.2, -0.15) is 5.10 Å². The Morgan fingerprint density at radius 2 is 1.90 bits per heavy atom. The van der Waals surface area contributed by atoms with Gasteiger partial charge >= 0.3 is 5.69 Å². The van der Waals surface area contributed by atoms with Gasteiger partial charge in [0, 0.05) is 17.2 Å². The molecule has 2 aromatic carbocycles. The van der Waals surface area contributed by atoms with E-state index in [9.17, 15) is 25.0 Å². The zero-order valence-electron chi connectivity index (χ0n) is 15.7. The van der Waals surface area contributed by atoms with Crippen molar-refractivity contribution in [3.8, 4) is 11.5 Å². The van der Waals surface area contributed by atoms with Crippen LogP contribution in [0.4, 0.5) is 17.1 Å². The van der Waals surface area contributed by atoms with E-state index in [1.165, 1.54) is 37.3 Å². The van der Waals surface area contributed by atoms with Crippen molar-refractivity contribution < 1.29 is 19.4 Å². The highest BCUT2D eigenvalue weighted by molar-refractivity contribution is 6.35. The van der Waals surface area contributed by atoms with Crippen molar-refractivity contribution in [1.82, 2.24) is 9.78 Å². The summed E-state index contributed by atoms with van der Waals surface area (Å²) in [7, 11) is 0. The van der Waals surface area contributed by atoms with Gasteiger partial charge in [-0.1, -0.05) is 23.2 Å². The van der Waals surface area contributed by atoms with E-state index < -0.39 is 15.8 Å². The van der Waals surface area contributed by atoms with E-state index in [0.717, 1.165) is 16.9 Å². The molecule has 13 heteroatoms. The number of benzene rings is 2. The number of carbonyl (C=O) groups excluding carboxylic acids is 1. The molecular formula is C18H13Cl2N5O6. The number of rotatable bonds is 7. The van der Waals surface area contributed by atoms with Gasteiger partial charge in [0.15, 0.2) is 0 Å². The first-order chi connectivity index (χ1) is 14.6. The number of non-ortho nitro benzene ring substituents is 1. The molecular weight excluding hydrogens is 453 g/mol. The lowest BCUT2D eigenvalue weighted by Crippen LogP contribution is -2.19. The van der Waals surface area contributed by atoms with Crippen LogP contribution in [0.2, 0.25) is 10.0 Å². The second-order valence-corrected chi connectivity index (χ2v) is 7.10. The van der Waals surface area contributed by atoms with Crippen molar-refractivity contribution in [2.45, 2.75) is 13.5 Å². The van der Waals surface area contributed by atoms with E-state index in [-0.39, 0.29) is 45.8 Å². The smallest absolute Gasteiger partial charge is 0.309 e. The van der Waals surface area contributed by atoms with Gasteiger partial charge in [0.1, 0.15) is 29.9 Å². The minimum atomic E-state index is -0.647. The Hall–Kier alpha value is -3.70. The SMILES string of the molecule is Cc1nn(CC(=O)Nc2cc(Oc3ccc(Cl)cc3Cl)cc([N+](=O)[O-])c2)cc1[N+](=O)[O-]. The summed E-state index contributed by atoms with van der Waals surface area (Å²) in [4.78, 5) is 33.2. The number of amides is 1. The van der Waals surface area contributed by atoms with Crippen LogP contribution >= 0.6 is 23.2 Å². The molecule has 3 aromatic rings. The fraction of sp³-hybridized carbons (Fsp3) is 0.111. The first kappa shape index (κ1) is 22.0. The van der Waals surface area contributed by atoms with Gasteiger partial charge in [-0.25, -0.2) is 0 Å². The molecule has 0 unspecified atom stereocenters. The third-order valence-electron chi connectivity index (χ3n) is 3.93. The lowest BCUT2D eigenvalue weighted by Gasteiger charge is -2.11. The van der Waals surface area contributed by atoms with Crippen LogP contribution in [0.3, 0.4) is 0 Å². The van der Waals surface area contributed by atoms with Crippen LogP contribution in [0.25, 0.3) is 0 Å². The number of ether oxygens (including phenoxy) is 1. The predicted octanol–water partition coefficient (Wildman–Crippen LogP) is 4.75. The van der Waals surface area contributed by atoms with E-state index in [1.807, 2.05) is 0 Å². The highest BCUT2D eigenvalue weighted by atomic mass is 35.5. The summed E-state index contributed by atoms with van der Waals surface area (Å²) < 4.78 is 6.70. The Balaban J connectivity index is 1.81. The molecule has 0 spiro atoms. The summed E-state index contributed by atoms with van der Waals surface area (Å²) in [5.74, 6) is -0.337. The third kappa shape index (κ3) is 5.47. The fourth-order valence-electron chi connectivity index (χ4n) is 2.62. The Morgan fingerprint density at radius 3 is 2.52 bits per heavy atom. The Kier molecular flexibility index (Phi) is 6.37. The van der Waals surface area contributed by atoms with Gasteiger partial charge < -0.3 is 10.1 Å². The molecule has 31 heavy (non-hydrogen) atoms. The number of hydrogen-bond donors (Lipinski definition) is 1. The standard InChI is InChI=1S/C18H13Cl2N5O6/c1-10-16(25(29)30)8-23(22-10)9-18(26)21-12-5-13(24(27)28)7-14(6-12)31-17-3-2-11(19)4-15(17)20/h2-8H,9H2,1H3,(H,21,26). The fourth-order valence-corrected chi connectivity index (χ4v) is 3.07. The summed E-state index contributed by atoms with van der Waals surface area (Å²) in [6.07, 6.45) is 1.12. The summed E-state index contributed by atoms with van der Waals surface area (Å²) in [6, 6.07) is 8.16. The van der Waals surface area contributed by atoms with Crippen molar-refractivity contribution in [2.75, 3.05) is 5.32 Å². The third-order valence-corrected chi connectivity index (χ3v) is 4.46. The number of halogens is 2. The number of nitro groups is 2. The Morgan fingerprint density at radius 1 is 1.16 bits per heavy atom. The maximum Gasteiger partial charge on any atom is 0.309 e. The summed E-state index contributed by atoms with van der Waals surface area (Å²) in [6.45, 7) is 1.11. The zero-order chi connectivity index (χ0) is 22.7. The maximum absolute atomic E-state index is 12.3. The minimum Gasteiger partial charge on any atom is -0.455 e. The Labute approximate surface area is 184 Å². The number of nitrogens with one attached hydrogen (secondary N) is 1. The number of anilines is 1. The lowest BCUT2D eigenvalue weighted by atomic mass is 10.2. The van der Waals surface area contributed by atoms with Crippen LogP contribution in [0.5, 0.6) is 11.5 Å². The molecule has 0 fully saturated rings. The van der Waals surface area contributed by atoms with Crippen LogP contribution in [0.15, 0.2) is 42.6 Å². The molecule has 0 radical (unpaired) electrons. The quantitative estimate of drug-likeness (QED) is 0.391. The van der Waals surface area contributed by atoms with E-state index >= 15 is 0 Å². The molecule has 11 nitrogen and oxygen atoms in total. The molecule has 0 aliphatic rings. The van der Waals surface area contributed by atoms with Crippen molar-refractivity contribution in [3.05, 3.63) is 78.6 Å². The summed E-state index contributed by atoms with van der Waals surface area (Å²) >= 11 is 11.9. The largest absolute Gasteiger partial charge is 0.455 e. The van der Waals surface area contributed by atoms with Crippen LogP contribution < -0.4 is 10.1 Å². The summed E-state index contributed by atoms with van der Waals surface area (Å²) in [5, 5.41) is 29.1. The number of aryl methyl sites for hydroxylation is 1. The second-order valence-electron chi connectivity index (χ2n) is 6.25. The molecule has 1 amide bonds. The number of nitro benzene ring substituents is 1. The highest BCUT2D eigenvalue weighted by Crippen LogP contribution is 2.34. The molecule has 0 bridgehead atoms. The monoisotopic (exact) mass is 465 g/mol. The van der Waals surface area contributed by atoms with Crippen molar-refractivity contribution in [3.63, 3.8) is 0 Å². The molecule has 0 aliphatic carbocycles. The van der Waals surface area contributed by atoms with Crippen molar-refractivity contribution in [2.24, 2.45) is 0 Å². The van der Waals surface area contributed by atoms with Crippen LogP contribution in [-0.2, 0) is 11.3 Å². The van der Waals surface area contributed by atoms with E-state index in [4.69, 9.17) is 27.9 Å². The van der Waals surface area contributed by atoms with Crippen molar-refractivity contribution >= 4 is 46.2 Å². The topological polar surface area (TPSA) is 142 Å². The van der Waals surface area contributed by atoms with Gasteiger partial charge in [-0.3, -0.25) is 29.7 Å². The van der Waals surface area contributed by atoms with E-state index in [1.54, 1.807) is 0 Å².